The molecule has 0 aliphatic carbocycles. The maximum Gasteiger partial charge on any atom is 0.243 e. The maximum atomic E-state index is 13.3. The van der Waals surface area contributed by atoms with Crippen molar-refractivity contribution in [3.05, 3.63) is 92.4 Å². The Hall–Kier alpha value is -1.90. The molecule has 9 heteroatoms. The summed E-state index contributed by atoms with van der Waals surface area (Å²) < 4.78 is 28.5. The second-order valence-corrected chi connectivity index (χ2v) is 10.6. The van der Waals surface area contributed by atoms with Crippen LogP contribution in [0.1, 0.15) is 11.1 Å². The fourth-order valence-corrected chi connectivity index (χ4v) is 4.76. The third-order valence-electron chi connectivity index (χ3n) is 4.50. The van der Waals surface area contributed by atoms with Gasteiger partial charge in [0, 0.05) is 26.8 Å². The smallest absolute Gasteiger partial charge is 0.243 e. The van der Waals surface area contributed by atoms with Crippen molar-refractivity contribution in [3.63, 3.8) is 0 Å². The Labute approximate surface area is 200 Å². The molecule has 3 aromatic rings. The van der Waals surface area contributed by atoms with Gasteiger partial charge in [-0.25, -0.2) is 8.42 Å². The van der Waals surface area contributed by atoms with E-state index in [1.165, 1.54) is 12.1 Å². The van der Waals surface area contributed by atoms with Crippen LogP contribution in [0.5, 0.6) is 0 Å². The second kappa shape index (κ2) is 10.1. The first-order valence-corrected chi connectivity index (χ1v) is 12.2. The molecule has 0 radical (unpaired) electrons. The summed E-state index contributed by atoms with van der Waals surface area (Å²) >= 11 is 15.4. The Kier molecular flexibility index (Phi) is 7.78. The Bertz CT molecular complexity index is 1180. The average Bonchev–Trinajstić information content (AvgIpc) is 2.72. The molecule has 0 fully saturated rings. The van der Waals surface area contributed by atoms with Crippen molar-refractivity contribution >= 4 is 60.7 Å². The molecule has 0 aliphatic heterocycles. The molecule has 0 saturated heterocycles. The molecule has 0 aromatic heterocycles. The van der Waals surface area contributed by atoms with Crippen LogP contribution < -0.4 is 5.32 Å². The van der Waals surface area contributed by atoms with Gasteiger partial charge in [-0.2, -0.15) is 4.31 Å². The van der Waals surface area contributed by atoms with Crippen LogP contribution in [0.3, 0.4) is 0 Å². The Morgan fingerprint density at radius 3 is 2.26 bits per heavy atom. The van der Waals surface area contributed by atoms with Gasteiger partial charge in [-0.15, -0.1) is 0 Å². The first-order valence-electron chi connectivity index (χ1n) is 9.21. The predicted octanol–water partition coefficient (Wildman–Crippen LogP) is 5.89. The van der Waals surface area contributed by atoms with Gasteiger partial charge in [0.05, 0.1) is 11.4 Å². The van der Waals surface area contributed by atoms with E-state index in [9.17, 15) is 13.2 Å². The predicted molar refractivity (Wildman–Crippen MR) is 128 cm³/mol. The average molecular weight is 542 g/mol. The highest BCUT2D eigenvalue weighted by Gasteiger charge is 2.27. The molecule has 1 amide bonds. The van der Waals surface area contributed by atoms with Gasteiger partial charge in [0.2, 0.25) is 15.9 Å². The molecule has 0 heterocycles. The summed E-state index contributed by atoms with van der Waals surface area (Å²) in [6.07, 6.45) is 0. The van der Waals surface area contributed by atoms with Crippen LogP contribution in [-0.2, 0) is 21.4 Å². The molecule has 3 aromatic carbocycles. The molecule has 0 bridgehead atoms. The summed E-state index contributed by atoms with van der Waals surface area (Å²) in [5, 5.41) is 3.76. The van der Waals surface area contributed by atoms with Crippen molar-refractivity contribution in [2.45, 2.75) is 18.4 Å². The normalized spacial score (nSPS) is 11.5. The van der Waals surface area contributed by atoms with E-state index in [-0.39, 0.29) is 18.0 Å². The van der Waals surface area contributed by atoms with Crippen molar-refractivity contribution in [1.82, 2.24) is 4.31 Å². The van der Waals surface area contributed by atoms with E-state index in [1.54, 1.807) is 54.6 Å². The zero-order valence-corrected chi connectivity index (χ0v) is 20.4. The Morgan fingerprint density at radius 1 is 1.00 bits per heavy atom. The molecule has 0 unspecified atom stereocenters. The second-order valence-electron chi connectivity index (χ2n) is 6.87. The number of halogens is 3. The zero-order valence-electron chi connectivity index (χ0n) is 16.5. The van der Waals surface area contributed by atoms with Gasteiger partial charge in [0.1, 0.15) is 0 Å². The number of carbonyl (C=O) groups excluding carboxylic acids is 1. The van der Waals surface area contributed by atoms with E-state index < -0.39 is 15.9 Å². The monoisotopic (exact) mass is 540 g/mol. The van der Waals surface area contributed by atoms with Crippen molar-refractivity contribution in [1.29, 1.82) is 0 Å². The van der Waals surface area contributed by atoms with Crippen LogP contribution in [0.2, 0.25) is 10.0 Å². The van der Waals surface area contributed by atoms with Crippen LogP contribution in [0.4, 0.5) is 5.69 Å². The van der Waals surface area contributed by atoms with Crippen molar-refractivity contribution in [3.8, 4) is 0 Å². The van der Waals surface area contributed by atoms with Gasteiger partial charge in [-0.05, 0) is 66.6 Å². The van der Waals surface area contributed by atoms with Crippen molar-refractivity contribution in [2.75, 3.05) is 11.9 Å². The number of hydrogen-bond donors (Lipinski definition) is 1. The lowest BCUT2D eigenvalue weighted by Crippen LogP contribution is -2.37. The minimum atomic E-state index is -3.94. The summed E-state index contributed by atoms with van der Waals surface area (Å²) in [5.41, 5.74) is 2.08. The molecular weight excluding hydrogens is 523 g/mol. The summed E-state index contributed by atoms with van der Waals surface area (Å²) in [7, 11) is -3.94. The zero-order chi connectivity index (χ0) is 22.6. The molecule has 0 spiro atoms. The lowest BCUT2D eigenvalue weighted by atomic mass is 10.2. The highest BCUT2D eigenvalue weighted by atomic mass is 79.9. The van der Waals surface area contributed by atoms with Crippen LogP contribution >= 0.6 is 39.1 Å². The third kappa shape index (κ3) is 6.30. The van der Waals surface area contributed by atoms with Crippen LogP contribution in [0.25, 0.3) is 0 Å². The van der Waals surface area contributed by atoms with Crippen LogP contribution in [0, 0.1) is 6.92 Å². The summed E-state index contributed by atoms with van der Waals surface area (Å²) in [4.78, 5) is 12.8. The number of nitrogens with one attached hydrogen (secondary N) is 1. The van der Waals surface area contributed by atoms with E-state index in [1.807, 2.05) is 6.92 Å². The largest absolute Gasteiger partial charge is 0.325 e. The molecule has 31 heavy (non-hydrogen) atoms. The van der Waals surface area contributed by atoms with Crippen molar-refractivity contribution < 1.29 is 13.2 Å². The Morgan fingerprint density at radius 2 is 1.65 bits per heavy atom. The third-order valence-corrected chi connectivity index (χ3v) is 7.49. The number of amides is 1. The molecule has 0 atom stereocenters. The molecule has 162 valence electrons. The van der Waals surface area contributed by atoms with E-state index in [2.05, 4.69) is 21.2 Å². The fraction of sp³-hybridized carbons (Fsp3) is 0.136. The van der Waals surface area contributed by atoms with E-state index in [0.29, 0.717) is 21.3 Å². The Balaban J connectivity index is 1.87. The van der Waals surface area contributed by atoms with E-state index in [4.69, 9.17) is 23.2 Å². The quantitative estimate of drug-likeness (QED) is 0.405. The minimum Gasteiger partial charge on any atom is -0.325 e. The number of aryl methyl sites for hydroxylation is 1. The van der Waals surface area contributed by atoms with Crippen molar-refractivity contribution in [2.24, 2.45) is 0 Å². The number of carbonyl (C=O) groups is 1. The fourth-order valence-electron chi connectivity index (χ4n) is 2.81. The van der Waals surface area contributed by atoms with Gasteiger partial charge in [0.25, 0.3) is 0 Å². The van der Waals surface area contributed by atoms with Gasteiger partial charge < -0.3 is 5.32 Å². The molecule has 3 rings (SSSR count). The molecule has 0 saturated carbocycles. The maximum absolute atomic E-state index is 13.3. The molecular formula is C22H19BrCl2N2O3S. The highest BCUT2D eigenvalue weighted by Crippen LogP contribution is 2.23. The number of anilines is 1. The molecule has 0 aliphatic rings. The van der Waals surface area contributed by atoms with Gasteiger partial charge in [0.15, 0.2) is 0 Å². The van der Waals surface area contributed by atoms with Crippen LogP contribution in [-0.4, -0.2) is 25.2 Å². The van der Waals surface area contributed by atoms with Gasteiger partial charge in [-0.1, -0.05) is 57.3 Å². The lowest BCUT2D eigenvalue weighted by molar-refractivity contribution is -0.116. The number of hydrogen-bond acceptors (Lipinski definition) is 3. The van der Waals surface area contributed by atoms with Crippen LogP contribution in [0.15, 0.2) is 76.1 Å². The first kappa shape index (κ1) is 23.8. The number of benzene rings is 3. The minimum absolute atomic E-state index is 0.0115. The number of sulfonamides is 1. The SMILES string of the molecule is Cc1ccc(NC(=O)CN(Cc2ccc(Cl)cc2)S(=O)(=O)c2ccc(Br)cc2)cc1Cl. The lowest BCUT2D eigenvalue weighted by Gasteiger charge is -2.22. The first-order chi connectivity index (χ1) is 14.6. The number of rotatable bonds is 7. The standard InChI is InChI=1S/C22H19BrCl2N2O3S/c1-15-2-9-19(12-21(15)25)26-22(28)14-27(13-16-3-7-18(24)8-4-16)31(29,30)20-10-5-17(23)6-11-20/h2-12H,13-14H2,1H3,(H,26,28). The topological polar surface area (TPSA) is 66.5 Å². The summed E-state index contributed by atoms with van der Waals surface area (Å²) in [6, 6.07) is 18.2. The summed E-state index contributed by atoms with van der Waals surface area (Å²) in [5.74, 6) is -0.477. The van der Waals surface area contributed by atoms with Gasteiger partial charge in [-0.3, -0.25) is 4.79 Å². The summed E-state index contributed by atoms with van der Waals surface area (Å²) in [6.45, 7) is 1.50. The number of nitrogens with zero attached hydrogens (tertiary/aromatic N) is 1. The molecule has 1 N–H and O–H groups in total. The molecule has 5 nitrogen and oxygen atoms in total. The highest BCUT2D eigenvalue weighted by molar-refractivity contribution is 9.10. The van der Waals surface area contributed by atoms with E-state index >= 15 is 0 Å². The van der Waals surface area contributed by atoms with Gasteiger partial charge >= 0.3 is 0 Å². The van der Waals surface area contributed by atoms with E-state index in [0.717, 1.165) is 14.3 Å².